The highest BCUT2D eigenvalue weighted by molar-refractivity contribution is 5.92. The van der Waals surface area contributed by atoms with Crippen LogP contribution in [0.4, 0.5) is 0 Å². The Hall–Kier alpha value is -2.02. The maximum absolute atomic E-state index is 13.1. The van der Waals surface area contributed by atoms with E-state index in [9.17, 15) is 9.59 Å². The molecule has 0 aromatic carbocycles. The third-order valence-corrected chi connectivity index (χ3v) is 7.24. The zero-order valence-electron chi connectivity index (χ0n) is 17.0. The molecule has 1 aromatic rings. The van der Waals surface area contributed by atoms with Crippen molar-refractivity contribution >= 4 is 11.8 Å². The van der Waals surface area contributed by atoms with E-state index in [-0.39, 0.29) is 29.5 Å². The zero-order chi connectivity index (χ0) is 19.8. The molecule has 2 aliphatic carbocycles. The molecule has 7 heteroatoms. The molecular weight excluding hydrogens is 368 g/mol. The number of likely N-dealkylation sites (tertiary alicyclic amines) is 2. The molecule has 7 nitrogen and oxygen atoms in total. The quantitative estimate of drug-likeness (QED) is 0.712. The van der Waals surface area contributed by atoms with Crippen LogP contribution in [0.5, 0.6) is 0 Å². The molecule has 29 heavy (non-hydrogen) atoms. The largest absolute Gasteiger partial charge is 0.366 e. The van der Waals surface area contributed by atoms with Crippen molar-refractivity contribution in [1.82, 2.24) is 19.8 Å². The van der Waals surface area contributed by atoms with Crippen LogP contribution in [0.25, 0.3) is 0 Å². The van der Waals surface area contributed by atoms with Crippen molar-refractivity contribution < 1.29 is 14.3 Å². The molecule has 5 rings (SSSR count). The van der Waals surface area contributed by atoms with Gasteiger partial charge in [0.15, 0.2) is 6.10 Å². The summed E-state index contributed by atoms with van der Waals surface area (Å²) in [7, 11) is 0. The smallest absolute Gasteiger partial charge is 0.274 e. The topological polar surface area (TPSA) is 75.6 Å². The lowest BCUT2D eigenvalue weighted by molar-refractivity contribution is -0.211. The van der Waals surface area contributed by atoms with Crippen LogP contribution in [-0.4, -0.2) is 69.0 Å². The van der Waals surface area contributed by atoms with E-state index < -0.39 is 0 Å². The third-order valence-electron chi connectivity index (χ3n) is 7.24. The summed E-state index contributed by atoms with van der Waals surface area (Å²) in [5.41, 5.74) is 0.301. The van der Waals surface area contributed by atoms with Crippen LogP contribution in [0.2, 0.25) is 0 Å². The summed E-state index contributed by atoms with van der Waals surface area (Å²) < 4.78 is 6.17. The number of amides is 2. The molecule has 1 spiro atoms. The van der Waals surface area contributed by atoms with Gasteiger partial charge in [-0.15, -0.1) is 0 Å². The predicted molar refractivity (Wildman–Crippen MR) is 106 cm³/mol. The van der Waals surface area contributed by atoms with Crippen LogP contribution >= 0.6 is 0 Å². The number of carbonyl (C=O) groups is 2. The molecule has 1 unspecified atom stereocenters. The summed E-state index contributed by atoms with van der Waals surface area (Å²) in [6.07, 6.45) is 14.3. The molecule has 156 valence electrons. The summed E-state index contributed by atoms with van der Waals surface area (Å²) in [5.74, 6) is 0.795. The Morgan fingerprint density at radius 1 is 1.10 bits per heavy atom. The van der Waals surface area contributed by atoms with E-state index in [1.54, 1.807) is 12.4 Å². The fourth-order valence-electron chi connectivity index (χ4n) is 5.49. The Bertz CT molecular complexity index is 753. The molecule has 4 fully saturated rings. The van der Waals surface area contributed by atoms with Gasteiger partial charge < -0.3 is 14.5 Å². The molecule has 2 saturated heterocycles. The summed E-state index contributed by atoms with van der Waals surface area (Å²) in [5, 5.41) is 0. The number of rotatable bonds is 5. The second kappa shape index (κ2) is 7.67. The molecular formula is C22H30N4O3. The Morgan fingerprint density at radius 3 is 2.52 bits per heavy atom. The number of β-lactam (4-membered cyclic amide) rings is 1. The zero-order valence-corrected chi connectivity index (χ0v) is 17.0. The molecule has 0 bridgehead atoms. The molecule has 0 N–H and O–H groups in total. The van der Waals surface area contributed by atoms with Gasteiger partial charge >= 0.3 is 0 Å². The maximum atomic E-state index is 13.1. The second-order valence-electron chi connectivity index (χ2n) is 9.14. The van der Waals surface area contributed by atoms with E-state index >= 15 is 0 Å². The van der Waals surface area contributed by atoms with E-state index in [1.807, 2.05) is 4.90 Å². The third kappa shape index (κ3) is 3.43. The van der Waals surface area contributed by atoms with Gasteiger partial charge in [-0.05, 0) is 44.4 Å². The maximum Gasteiger partial charge on any atom is 0.274 e. The first-order valence-electron chi connectivity index (χ1n) is 11.2. The number of aromatic nitrogens is 2. The summed E-state index contributed by atoms with van der Waals surface area (Å²) in [6, 6.07) is 0.215. The van der Waals surface area contributed by atoms with Crippen LogP contribution < -0.4 is 0 Å². The van der Waals surface area contributed by atoms with Crippen molar-refractivity contribution in [2.45, 2.75) is 75.5 Å². The minimum Gasteiger partial charge on any atom is -0.366 e. The highest BCUT2D eigenvalue weighted by atomic mass is 16.5. The van der Waals surface area contributed by atoms with Gasteiger partial charge in [-0.1, -0.05) is 19.3 Å². The number of piperidine rings is 1. The van der Waals surface area contributed by atoms with Crippen LogP contribution in [0.1, 0.15) is 68.3 Å². The van der Waals surface area contributed by atoms with E-state index in [2.05, 4.69) is 14.9 Å². The molecule has 2 amide bonds. The van der Waals surface area contributed by atoms with Gasteiger partial charge in [-0.25, -0.2) is 4.98 Å². The molecule has 2 aliphatic heterocycles. The van der Waals surface area contributed by atoms with Gasteiger partial charge in [-0.3, -0.25) is 14.6 Å². The molecule has 1 atom stereocenters. The van der Waals surface area contributed by atoms with Crippen LogP contribution in [0.3, 0.4) is 0 Å². The van der Waals surface area contributed by atoms with Crippen molar-refractivity contribution in [1.29, 1.82) is 0 Å². The number of carbonyl (C=O) groups excluding carboxylic acids is 2. The summed E-state index contributed by atoms with van der Waals surface area (Å²) in [6.45, 7) is 2.07. The average Bonchev–Trinajstić information content (AvgIpc) is 3.60. The Labute approximate surface area is 171 Å². The number of hydrogen-bond acceptors (Lipinski definition) is 5. The average molecular weight is 399 g/mol. The fourth-order valence-corrected chi connectivity index (χ4v) is 5.49. The number of hydrogen-bond donors (Lipinski definition) is 0. The van der Waals surface area contributed by atoms with E-state index in [0.29, 0.717) is 24.7 Å². The van der Waals surface area contributed by atoms with Gasteiger partial charge in [0.05, 0.1) is 18.3 Å². The van der Waals surface area contributed by atoms with E-state index in [4.69, 9.17) is 4.74 Å². The molecule has 2 saturated carbocycles. The van der Waals surface area contributed by atoms with Crippen LogP contribution in [0.15, 0.2) is 18.6 Å². The minimum atomic E-state index is -0.234. The lowest BCUT2D eigenvalue weighted by Gasteiger charge is -2.62. The Morgan fingerprint density at radius 2 is 1.86 bits per heavy atom. The standard InChI is InChI=1S/C22H30N4O3/c27-20(18-14-23-10-11-24-18)25-12-6-17(7-13-25)26-21(28)19(29-15-16-4-5-16)22(26)8-2-1-3-9-22/h10-11,14,16-17,19H,1-9,12-13,15H2. The van der Waals surface area contributed by atoms with Crippen LogP contribution in [0, 0.1) is 5.92 Å². The Kier molecular flexibility index (Phi) is 5.02. The van der Waals surface area contributed by atoms with Crippen molar-refractivity contribution in [3.8, 4) is 0 Å². The first-order valence-corrected chi connectivity index (χ1v) is 11.2. The van der Waals surface area contributed by atoms with Gasteiger partial charge in [0.25, 0.3) is 11.8 Å². The van der Waals surface area contributed by atoms with E-state index in [0.717, 1.165) is 32.3 Å². The van der Waals surface area contributed by atoms with E-state index in [1.165, 1.54) is 38.3 Å². The normalized spacial score (nSPS) is 27.2. The van der Waals surface area contributed by atoms with Gasteiger partial charge in [-0.2, -0.15) is 0 Å². The monoisotopic (exact) mass is 398 g/mol. The minimum absolute atomic E-state index is 0.0653. The highest BCUT2D eigenvalue weighted by Gasteiger charge is 2.62. The Balaban J connectivity index is 1.24. The fraction of sp³-hybridized carbons (Fsp3) is 0.727. The predicted octanol–water partition coefficient (Wildman–Crippen LogP) is 2.42. The molecule has 3 heterocycles. The molecule has 1 aromatic heterocycles. The lowest BCUT2D eigenvalue weighted by atomic mass is 9.68. The summed E-state index contributed by atoms with van der Waals surface area (Å²) >= 11 is 0. The first kappa shape index (κ1) is 19.0. The molecule has 0 radical (unpaired) electrons. The highest BCUT2D eigenvalue weighted by Crippen LogP contribution is 2.48. The van der Waals surface area contributed by atoms with Gasteiger partial charge in [0.1, 0.15) is 5.69 Å². The van der Waals surface area contributed by atoms with Gasteiger partial charge in [0.2, 0.25) is 0 Å². The van der Waals surface area contributed by atoms with Crippen molar-refractivity contribution in [2.24, 2.45) is 5.92 Å². The second-order valence-corrected chi connectivity index (χ2v) is 9.14. The van der Waals surface area contributed by atoms with Gasteiger partial charge in [0, 0.05) is 31.5 Å². The summed E-state index contributed by atoms with van der Waals surface area (Å²) in [4.78, 5) is 37.9. The first-order chi connectivity index (χ1) is 14.2. The SMILES string of the molecule is O=C(c1cnccn1)N1CCC(N2C(=O)C(OCC3CC3)C23CCCCC3)CC1. The van der Waals surface area contributed by atoms with Crippen molar-refractivity contribution in [2.75, 3.05) is 19.7 Å². The number of nitrogens with zero attached hydrogens (tertiary/aromatic N) is 4. The van der Waals surface area contributed by atoms with Crippen molar-refractivity contribution in [3.05, 3.63) is 24.3 Å². The van der Waals surface area contributed by atoms with Crippen molar-refractivity contribution in [3.63, 3.8) is 0 Å². The van der Waals surface area contributed by atoms with Crippen LogP contribution in [-0.2, 0) is 9.53 Å². The number of ether oxygens (including phenoxy) is 1. The molecule has 4 aliphatic rings. The lowest BCUT2D eigenvalue weighted by Crippen LogP contribution is -2.78.